The number of anilines is 1. The molecule has 120 valence electrons. The van der Waals surface area contributed by atoms with Gasteiger partial charge >= 0.3 is 0 Å². The van der Waals surface area contributed by atoms with E-state index in [1.54, 1.807) is 23.5 Å². The van der Waals surface area contributed by atoms with Crippen molar-refractivity contribution < 1.29 is 14.3 Å². The maximum Gasteiger partial charge on any atom is 0.257 e. The molecule has 1 aliphatic carbocycles. The molecule has 0 unspecified atom stereocenters. The number of carbonyl (C=O) groups is 1. The van der Waals surface area contributed by atoms with Gasteiger partial charge < -0.3 is 9.47 Å². The number of aryl methyl sites for hydroxylation is 1. The molecule has 0 bridgehead atoms. The van der Waals surface area contributed by atoms with Crippen molar-refractivity contribution in [1.82, 2.24) is 4.98 Å². The van der Waals surface area contributed by atoms with Gasteiger partial charge in [-0.2, -0.15) is 0 Å². The normalized spacial score (nSPS) is 18.6. The van der Waals surface area contributed by atoms with Crippen molar-refractivity contribution in [1.29, 1.82) is 0 Å². The van der Waals surface area contributed by atoms with Crippen molar-refractivity contribution in [3.63, 3.8) is 0 Å². The van der Waals surface area contributed by atoms with Gasteiger partial charge in [0.05, 0.1) is 10.7 Å². The van der Waals surface area contributed by atoms with E-state index < -0.39 is 0 Å². The molecule has 1 aliphatic heterocycles. The first kappa shape index (κ1) is 14.8. The zero-order valence-corrected chi connectivity index (χ0v) is 14.1. The number of ether oxygens (including phenoxy) is 2. The van der Waals surface area contributed by atoms with Crippen LogP contribution in [0.3, 0.4) is 0 Å². The van der Waals surface area contributed by atoms with Crippen molar-refractivity contribution >= 4 is 34.0 Å². The van der Waals surface area contributed by atoms with Crippen LogP contribution < -0.4 is 14.8 Å². The highest BCUT2D eigenvalue weighted by molar-refractivity contribution is 7.15. The lowest BCUT2D eigenvalue weighted by Crippen LogP contribution is -2.12. The van der Waals surface area contributed by atoms with Gasteiger partial charge in [0.1, 0.15) is 0 Å². The Hall–Kier alpha value is -1.79. The summed E-state index contributed by atoms with van der Waals surface area (Å²) in [5, 5.41) is 3.88. The smallest absolute Gasteiger partial charge is 0.257 e. The number of fused-ring (bicyclic) bond motifs is 2. The lowest BCUT2D eigenvalue weighted by molar-refractivity contribution is 0.102. The van der Waals surface area contributed by atoms with Crippen LogP contribution in [0.1, 0.15) is 34.3 Å². The Kier molecular flexibility index (Phi) is 3.66. The molecule has 23 heavy (non-hydrogen) atoms. The molecule has 2 heterocycles. The SMILES string of the molecule is C[C@H]1CCc2nc(NC(=O)c3cc(Cl)c4c(c3)OCO4)sc2C1. The van der Waals surface area contributed by atoms with E-state index in [-0.39, 0.29) is 12.7 Å². The van der Waals surface area contributed by atoms with E-state index in [1.807, 2.05) is 0 Å². The maximum atomic E-state index is 12.4. The van der Waals surface area contributed by atoms with Crippen LogP contribution in [-0.4, -0.2) is 17.7 Å². The first-order chi connectivity index (χ1) is 11.1. The summed E-state index contributed by atoms with van der Waals surface area (Å²) >= 11 is 7.68. The second-order valence-corrected chi connectivity index (χ2v) is 7.37. The monoisotopic (exact) mass is 350 g/mol. The van der Waals surface area contributed by atoms with E-state index in [0.29, 0.717) is 33.1 Å². The molecule has 0 fully saturated rings. The maximum absolute atomic E-state index is 12.4. The topological polar surface area (TPSA) is 60.5 Å². The Morgan fingerprint density at radius 1 is 1.43 bits per heavy atom. The molecule has 0 spiro atoms. The number of hydrogen-bond donors (Lipinski definition) is 1. The Morgan fingerprint density at radius 2 is 2.30 bits per heavy atom. The summed E-state index contributed by atoms with van der Waals surface area (Å²) in [4.78, 5) is 18.3. The Balaban J connectivity index is 1.56. The molecule has 4 rings (SSSR count). The molecule has 1 aromatic heterocycles. The first-order valence-corrected chi connectivity index (χ1v) is 8.68. The van der Waals surface area contributed by atoms with Crippen LogP contribution in [0.5, 0.6) is 11.5 Å². The average molecular weight is 351 g/mol. The standard InChI is InChI=1S/C16H15ClN2O3S/c1-8-2-3-11-13(4-8)23-16(18-11)19-15(20)9-5-10(17)14-12(6-9)21-7-22-14/h5-6,8H,2-4,7H2,1H3,(H,18,19,20)/t8-/m0/s1. The predicted molar refractivity (Wildman–Crippen MR) is 88.8 cm³/mol. The molecule has 7 heteroatoms. The summed E-state index contributed by atoms with van der Waals surface area (Å²) in [6.45, 7) is 2.37. The van der Waals surface area contributed by atoms with Crippen LogP contribution in [0.4, 0.5) is 5.13 Å². The lowest BCUT2D eigenvalue weighted by atomic mass is 9.93. The van der Waals surface area contributed by atoms with Gasteiger partial charge in [-0.15, -0.1) is 11.3 Å². The highest BCUT2D eigenvalue weighted by atomic mass is 35.5. The van der Waals surface area contributed by atoms with E-state index in [2.05, 4.69) is 17.2 Å². The Morgan fingerprint density at radius 3 is 3.17 bits per heavy atom. The number of rotatable bonds is 2. The fourth-order valence-electron chi connectivity index (χ4n) is 2.86. The number of benzene rings is 1. The van der Waals surface area contributed by atoms with Crippen LogP contribution >= 0.6 is 22.9 Å². The summed E-state index contributed by atoms with van der Waals surface area (Å²) in [7, 11) is 0. The van der Waals surface area contributed by atoms with Gasteiger partial charge in [0.25, 0.3) is 5.91 Å². The average Bonchev–Trinajstić information content (AvgIpc) is 3.12. The number of hydrogen-bond acceptors (Lipinski definition) is 5. The van der Waals surface area contributed by atoms with E-state index in [1.165, 1.54) is 4.88 Å². The van der Waals surface area contributed by atoms with Crippen LogP contribution in [0.15, 0.2) is 12.1 Å². The Labute approximate surface area is 142 Å². The van der Waals surface area contributed by atoms with Gasteiger partial charge in [0.2, 0.25) is 6.79 Å². The van der Waals surface area contributed by atoms with E-state index in [9.17, 15) is 4.79 Å². The molecule has 1 atom stereocenters. The van der Waals surface area contributed by atoms with E-state index in [0.717, 1.165) is 25.0 Å². The van der Waals surface area contributed by atoms with Gasteiger partial charge in [0.15, 0.2) is 16.6 Å². The number of amides is 1. The fraction of sp³-hybridized carbons (Fsp3) is 0.375. The van der Waals surface area contributed by atoms with Crippen molar-refractivity contribution in [2.75, 3.05) is 12.1 Å². The molecule has 2 aromatic rings. The highest BCUT2D eigenvalue weighted by Gasteiger charge is 2.23. The Bertz CT molecular complexity index is 790. The number of halogens is 1. The molecule has 5 nitrogen and oxygen atoms in total. The summed E-state index contributed by atoms with van der Waals surface area (Å²) in [5.74, 6) is 1.42. The third-order valence-electron chi connectivity index (χ3n) is 4.10. The molecular weight excluding hydrogens is 336 g/mol. The molecule has 1 aromatic carbocycles. The van der Waals surface area contributed by atoms with Crippen molar-refractivity contribution in [3.05, 3.63) is 33.3 Å². The van der Waals surface area contributed by atoms with Crippen molar-refractivity contribution in [2.45, 2.75) is 26.2 Å². The largest absolute Gasteiger partial charge is 0.454 e. The highest BCUT2D eigenvalue weighted by Crippen LogP contribution is 2.40. The van der Waals surface area contributed by atoms with Crippen LogP contribution in [-0.2, 0) is 12.8 Å². The van der Waals surface area contributed by atoms with Crippen molar-refractivity contribution in [3.8, 4) is 11.5 Å². The third kappa shape index (κ3) is 2.77. The van der Waals surface area contributed by atoms with Crippen LogP contribution in [0, 0.1) is 5.92 Å². The summed E-state index contributed by atoms with van der Waals surface area (Å²) in [6.07, 6.45) is 3.18. The minimum atomic E-state index is -0.246. The van der Waals surface area contributed by atoms with Crippen molar-refractivity contribution in [2.24, 2.45) is 5.92 Å². The quantitative estimate of drug-likeness (QED) is 0.892. The molecule has 0 radical (unpaired) electrons. The fourth-order valence-corrected chi connectivity index (χ4v) is 4.29. The van der Waals surface area contributed by atoms with Gasteiger partial charge in [0, 0.05) is 10.4 Å². The van der Waals surface area contributed by atoms with Crippen LogP contribution in [0.2, 0.25) is 5.02 Å². The second-order valence-electron chi connectivity index (χ2n) is 5.88. The minimum absolute atomic E-state index is 0.123. The third-order valence-corrected chi connectivity index (χ3v) is 5.41. The predicted octanol–water partition coefficient (Wildman–Crippen LogP) is 3.90. The molecule has 1 N–H and O–H groups in total. The molecule has 0 saturated carbocycles. The lowest BCUT2D eigenvalue weighted by Gasteiger charge is -2.15. The number of nitrogens with zero attached hydrogens (tertiary/aromatic N) is 1. The number of aromatic nitrogens is 1. The second kappa shape index (κ2) is 5.69. The summed E-state index contributed by atoms with van der Waals surface area (Å²) in [6, 6.07) is 3.22. The molecular formula is C16H15ClN2O3S. The van der Waals surface area contributed by atoms with E-state index in [4.69, 9.17) is 21.1 Å². The van der Waals surface area contributed by atoms with Gasteiger partial charge in [-0.1, -0.05) is 18.5 Å². The number of thiazole rings is 1. The minimum Gasteiger partial charge on any atom is -0.454 e. The summed E-state index contributed by atoms with van der Waals surface area (Å²) < 4.78 is 10.5. The first-order valence-electron chi connectivity index (χ1n) is 7.49. The zero-order valence-electron chi connectivity index (χ0n) is 12.5. The molecule has 1 amide bonds. The zero-order chi connectivity index (χ0) is 16.0. The van der Waals surface area contributed by atoms with E-state index >= 15 is 0 Å². The van der Waals surface area contributed by atoms with Gasteiger partial charge in [-0.25, -0.2) is 4.98 Å². The van der Waals surface area contributed by atoms with Gasteiger partial charge in [-0.05, 0) is 37.3 Å². The van der Waals surface area contributed by atoms with Crippen LogP contribution in [0.25, 0.3) is 0 Å². The number of carbonyl (C=O) groups excluding carboxylic acids is 1. The summed E-state index contributed by atoms with van der Waals surface area (Å²) in [5.41, 5.74) is 1.55. The number of nitrogens with one attached hydrogen (secondary N) is 1. The van der Waals surface area contributed by atoms with Gasteiger partial charge in [-0.3, -0.25) is 10.1 Å². The molecule has 0 saturated heterocycles. The molecule has 2 aliphatic rings.